The molecule has 1 aliphatic heterocycles. The van der Waals surface area contributed by atoms with E-state index in [1.54, 1.807) is 36.4 Å². The standard InChI is InChI=1S/C19H14ClNO4/c20-12-4-1-3-11(7-12)15-8-14(19(22)23)13-9-17-18(10-16(13)21-15)25-6-2-5-24-17/h1,3-4,7-10H,2,5-6H2,(H,22,23). The Bertz CT molecular complexity index is 987. The van der Waals surface area contributed by atoms with Crippen LogP contribution in [0, 0.1) is 0 Å². The summed E-state index contributed by atoms with van der Waals surface area (Å²) in [4.78, 5) is 16.4. The number of ether oxygens (including phenoxy) is 2. The smallest absolute Gasteiger partial charge is 0.336 e. The number of carboxylic acids is 1. The van der Waals surface area contributed by atoms with Crippen molar-refractivity contribution in [1.29, 1.82) is 0 Å². The van der Waals surface area contributed by atoms with E-state index in [0.717, 1.165) is 12.0 Å². The lowest BCUT2D eigenvalue weighted by atomic mass is 10.0. The van der Waals surface area contributed by atoms with Gasteiger partial charge in [0, 0.05) is 28.5 Å². The molecule has 2 aromatic carbocycles. The van der Waals surface area contributed by atoms with E-state index in [1.807, 2.05) is 6.07 Å². The zero-order valence-electron chi connectivity index (χ0n) is 13.2. The van der Waals surface area contributed by atoms with Crippen molar-refractivity contribution in [3.8, 4) is 22.8 Å². The average Bonchev–Trinajstić information content (AvgIpc) is 2.83. The minimum absolute atomic E-state index is 0.163. The van der Waals surface area contributed by atoms with Crippen LogP contribution in [0.2, 0.25) is 5.02 Å². The lowest BCUT2D eigenvalue weighted by molar-refractivity contribution is 0.0699. The summed E-state index contributed by atoms with van der Waals surface area (Å²) >= 11 is 6.05. The van der Waals surface area contributed by atoms with Crippen LogP contribution in [0.3, 0.4) is 0 Å². The molecule has 0 bridgehead atoms. The second kappa shape index (κ2) is 6.26. The van der Waals surface area contributed by atoms with Gasteiger partial charge in [-0.05, 0) is 24.3 Å². The Kier molecular flexibility index (Phi) is 3.93. The highest BCUT2D eigenvalue weighted by Gasteiger charge is 2.18. The molecular formula is C19H14ClNO4. The molecule has 2 heterocycles. The summed E-state index contributed by atoms with van der Waals surface area (Å²) in [5, 5.41) is 10.7. The number of hydrogen-bond donors (Lipinski definition) is 1. The number of carboxylic acid groups (broad SMARTS) is 1. The predicted octanol–water partition coefficient (Wildman–Crippen LogP) is 4.41. The van der Waals surface area contributed by atoms with Crippen molar-refractivity contribution in [2.75, 3.05) is 13.2 Å². The third-order valence-electron chi connectivity index (χ3n) is 4.03. The van der Waals surface area contributed by atoms with Gasteiger partial charge in [-0.2, -0.15) is 0 Å². The van der Waals surface area contributed by atoms with Crippen molar-refractivity contribution in [3.63, 3.8) is 0 Å². The van der Waals surface area contributed by atoms with Crippen molar-refractivity contribution in [3.05, 3.63) is 53.1 Å². The minimum atomic E-state index is -1.02. The molecule has 1 N–H and O–H groups in total. The largest absolute Gasteiger partial charge is 0.490 e. The van der Waals surface area contributed by atoms with Crippen LogP contribution in [0.15, 0.2) is 42.5 Å². The van der Waals surface area contributed by atoms with E-state index < -0.39 is 5.97 Å². The molecular weight excluding hydrogens is 342 g/mol. The highest BCUT2D eigenvalue weighted by atomic mass is 35.5. The Balaban J connectivity index is 1.96. The normalized spacial score (nSPS) is 13.5. The van der Waals surface area contributed by atoms with E-state index in [4.69, 9.17) is 21.1 Å². The van der Waals surface area contributed by atoms with Gasteiger partial charge in [-0.3, -0.25) is 0 Å². The molecule has 0 saturated carbocycles. The summed E-state index contributed by atoms with van der Waals surface area (Å²) in [6, 6.07) is 12.1. The molecule has 0 spiro atoms. The Morgan fingerprint density at radius 3 is 2.56 bits per heavy atom. The van der Waals surface area contributed by atoms with E-state index in [0.29, 0.717) is 46.3 Å². The van der Waals surface area contributed by atoms with Gasteiger partial charge in [0.25, 0.3) is 0 Å². The first-order valence-electron chi connectivity index (χ1n) is 7.85. The fourth-order valence-electron chi connectivity index (χ4n) is 2.86. The molecule has 3 aromatic rings. The molecule has 0 aliphatic carbocycles. The van der Waals surface area contributed by atoms with Gasteiger partial charge in [0.2, 0.25) is 0 Å². The van der Waals surface area contributed by atoms with E-state index in [-0.39, 0.29) is 5.56 Å². The zero-order chi connectivity index (χ0) is 17.4. The summed E-state index contributed by atoms with van der Waals surface area (Å²) in [6.07, 6.45) is 0.776. The molecule has 6 heteroatoms. The number of pyridine rings is 1. The lowest BCUT2D eigenvalue weighted by Gasteiger charge is -2.12. The highest BCUT2D eigenvalue weighted by Crippen LogP contribution is 2.36. The molecule has 25 heavy (non-hydrogen) atoms. The van der Waals surface area contributed by atoms with Crippen LogP contribution in [-0.2, 0) is 0 Å². The molecule has 0 atom stereocenters. The fraction of sp³-hybridized carbons (Fsp3) is 0.158. The Labute approximate surface area is 148 Å². The zero-order valence-corrected chi connectivity index (χ0v) is 13.9. The topological polar surface area (TPSA) is 68.7 Å². The predicted molar refractivity (Wildman–Crippen MR) is 94.8 cm³/mol. The first kappa shape index (κ1) is 15.7. The van der Waals surface area contributed by atoms with E-state index in [1.165, 1.54) is 0 Å². The Morgan fingerprint density at radius 2 is 1.84 bits per heavy atom. The number of fused-ring (bicyclic) bond motifs is 2. The van der Waals surface area contributed by atoms with Crippen molar-refractivity contribution >= 4 is 28.5 Å². The molecule has 0 amide bonds. The number of halogens is 1. The summed E-state index contributed by atoms with van der Waals surface area (Å²) in [5.41, 5.74) is 2.00. The van der Waals surface area contributed by atoms with Gasteiger partial charge < -0.3 is 14.6 Å². The summed E-state index contributed by atoms with van der Waals surface area (Å²) in [7, 11) is 0. The van der Waals surface area contributed by atoms with Crippen molar-refractivity contribution < 1.29 is 19.4 Å². The lowest BCUT2D eigenvalue weighted by Crippen LogP contribution is -2.01. The van der Waals surface area contributed by atoms with Gasteiger partial charge in [0.15, 0.2) is 11.5 Å². The Hall–Kier alpha value is -2.79. The van der Waals surface area contributed by atoms with Crippen LogP contribution in [0.5, 0.6) is 11.5 Å². The molecule has 1 aromatic heterocycles. The first-order chi connectivity index (χ1) is 12.1. The maximum atomic E-state index is 11.8. The van der Waals surface area contributed by atoms with Crippen LogP contribution in [0.25, 0.3) is 22.2 Å². The summed E-state index contributed by atoms with van der Waals surface area (Å²) in [6.45, 7) is 1.09. The second-order valence-electron chi connectivity index (χ2n) is 5.74. The summed E-state index contributed by atoms with van der Waals surface area (Å²) in [5.74, 6) is 0.104. The van der Waals surface area contributed by atoms with Gasteiger partial charge >= 0.3 is 5.97 Å². The van der Waals surface area contributed by atoms with Gasteiger partial charge in [-0.1, -0.05) is 23.7 Å². The van der Waals surface area contributed by atoms with Crippen molar-refractivity contribution in [2.45, 2.75) is 6.42 Å². The Morgan fingerprint density at radius 1 is 1.08 bits per heavy atom. The number of rotatable bonds is 2. The number of aromatic carboxylic acids is 1. The van der Waals surface area contributed by atoms with E-state index >= 15 is 0 Å². The molecule has 0 radical (unpaired) electrons. The molecule has 1 aliphatic rings. The fourth-order valence-corrected chi connectivity index (χ4v) is 3.05. The number of aromatic nitrogens is 1. The quantitative estimate of drug-likeness (QED) is 0.737. The number of nitrogens with zero attached hydrogens (tertiary/aromatic N) is 1. The van der Waals surface area contributed by atoms with Crippen LogP contribution in [0.1, 0.15) is 16.8 Å². The third kappa shape index (κ3) is 2.98. The van der Waals surface area contributed by atoms with Gasteiger partial charge in [0.1, 0.15) is 0 Å². The van der Waals surface area contributed by atoms with Crippen molar-refractivity contribution in [1.82, 2.24) is 4.98 Å². The van der Waals surface area contributed by atoms with Gasteiger partial charge in [-0.15, -0.1) is 0 Å². The van der Waals surface area contributed by atoms with Crippen LogP contribution >= 0.6 is 11.6 Å². The minimum Gasteiger partial charge on any atom is -0.490 e. The van der Waals surface area contributed by atoms with E-state index in [9.17, 15) is 9.90 Å². The first-order valence-corrected chi connectivity index (χ1v) is 8.23. The number of carbonyl (C=O) groups is 1. The highest BCUT2D eigenvalue weighted by molar-refractivity contribution is 6.30. The molecule has 5 nitrogen and oxygen atoms in total. The van der Waals surface area contributed by atoms with Gasteiger partial charge in [-0.25, -0.2) is 9.78 Å². The summed E-state index contributed by atoms with van der Waals surface area (Å²) < 4.78 is 11.3. The van der Waals surface area contributed by atoms with Crippen LogP contribution in [-0.4, -0.2) is 29.3 Å². The van der Waals surface area contributed by atoms with Crippen molar-refractivity contribution in [2.24, 2.45) is 0 Å². The molecule has 0 saturated heterocycles. The molecule has 0 unspecified atom stereocenters. The maximum Gasteiger partial charge on any atom is 0.336 e. The maximum absolute atomic E-state index is 11.8. The number of benzene rings is 2. The third-order valence-corrected chi connectivity index (χ3v) is 4.26. The molecule has 4 rings (SSSR count). The average molecular weight is 356 g/mol. The number of hydrogen-bond acceptors (Lipinski definition) is 4. The second-order valence-corrected chi connectivity index (χ2v) is 6.17. The van der Waals surface area contributed by atoms with E-state index in [2.05, 4.69) is 4.98 Å². The van der Waals surface area contributed by atoms with Gasteiger partial charge in [0.05, 0.1) is 30.0 Å². The SMILES string of the molecule is O=C(O)c1cc(-c2cccc(Cl)c2)nc2cc3c(cc12)OCCCO3. The molecule has 0 fully saturated rings. The van der Waals surface area contributed by atoms with Crippen LogP contribution in [0.4, 0.5) is 0 Å². The van der Waals surface area contributed by atoms with Crippen LogP contribution < -0.4 is 9.47 Å². The monoisotopic (exact) mass is 355 g/mol. The molecule has 126 valence electrons.